The Hall–Kier alpha value is -3.10. The van der Waals surface area contributed by atoms with Gasteiger partial charge in [-0.2, -0.15) is 4.31 Å². The van der Waals surface area contributed by atoms with Gasteiger partial charge in [0.05, 0.1) is 10.4 Å². The Bertz CT molecular complexity index is 1250. The van der Waals surface area contributed by atoms with Gasteiger partial charge in [-0.15, -0.1) is 0 Å². The zero-order valence-corrected chi connectivity index (χ0v) is 17.4. The first kappa shape index (κ1) is 19.8. The van der Waals surface area contributed by atoms with Crippen LogP contribution in [-0.4, -0.2) is 41.6 Å². The number of aromatic nitrogens is 1. The molecule has 2 aliphatic heterocycles. The zero-order chi connectivity index (χ0) is 21.6. The van der Waals surface area contributed by atoms with Gasteiger partial charge in [0.25, 0.3) is 5.91 Å². The number of sulfonamides is 1. The number of carbonyl (C=O) groups excluding carboxylic acids is 1. The fourth-order valence-corrected chi connectivity index (χ4v) is 6.67. The van der Waals surface area contributed by atoms with Crippen molar-refractivity contribution in [3.05, 3.63) is 95.6 Å². The standard InChI is InChI=1S/C23H20FN3O3S/c24-19-7-5-17(6-8-19)15-27-23(20-3-1-2-4-21(20)31(27,29)30)11-14-26(16-23)22(28)18-9-12-25-13-10-18/h1-10,12-13H,11,14-16H2. The van der Waals surface area contributed by atoms with Crippen molar-refractivity contribution in [2.45, 2.75) is 23.4 Å². The largest absolute Gasteiger partial charge is 0.336 e. The Morgan fingerprint density at radius 3 is 2.48 bits per heavy atom. The van der Waals surface area contributed by atoms with Crippen molar-refractivity contribution < 1.29 is 17.6 Å². The van der Waals surface area contributed by atoms with Gasteiger partial charge in [-0.05, 0) is 47.9 Å². The van der Waals surface area contributed by atoms with Gasteiger partial charge in [-0.1, -0.05) is 30.3 Å². The van der Waals surface area contributed by atoms with Crippen LogP contribution in [0.2, 0.25) is 0 Å². The molecule has 1 unspecified atom stereocenters. The summed E-state index contributed by atoms with van der Waals surface area (Å²) in [5.74, 6) is -0.524. The third kappa shape index (κ3) is 3.14. The summed E-state index contributed by atoms with van der Waals surface area (Å²) >= 11 is 0. The van der Waals surface area contributed by atoms with Crippen LogP contribution < -0.4 is 0 Å². The number of amides is 1. The fraction of sp³-hybridized carbons (Fsp3) is 0.217. The minimum Gasteiger partial charge on any atom is -0.336 e. The maximum Gasteiger partial charge on any atom is 0.254 e. The van der Waals surface area contributed by atoms with E-state index >= 15 is 0 Å². The Morgan fingerprint density at radius 1 is 1.03 bits per heavy atom. The number of carbonyl (C=O) groups is 1. The molecule has 2 aromatic carbocycles. The highest BCUT2D eigenvalue weighted by molar-refractivity contribution is 7.89. The van der Waals surface area contributed by atoms with Crippen LogP contribution in [0.1, 0.15) is 27.9 Å². The molecular weight excluding hydrogens is 417 g/mol. The van der Waals surface area contributed by atoms with Crippen LogP contribution in [0.5, 0.6) is 0 Å². The molecule has 0 bridgehead atoms. The molecular formula is C23H20FN3O3S. The van der Waals surface area contributed by atoms with Crippen molar-refractivity contribution in [1.29, 1.82) is 0 Å². The van der Waals surface area contributed by atoms with Crippen LogP contribution in [0, 0.1) is 5.82 Å². The molecule has 158 valence electrons. The van der Waals surface area contributed by atoms with Gasteiger partial charge in [-0.25, -0.2) is 12.8 Å². The lowest BCUT2D eigenvalue weighted by Gasteiger charge is -2.34. The van der Waals surface area contributed by atoms with E-state index in [1.807, 2.05) is 12.1 Å². The first-order valence-corrected chi connectivity index (χ1v) is 11.4. The van der Waals surface area contributed by atoms with Crippen LogP contribution in [-0.2, 0) is 22.1 Å². The normalized spacial score (nSPS) is 22.0. The molecule has 3 heterocycles. The third-order valence-corrected chi connectivity index (χ3v) is 8.11. The van der Waals surface area contributed by atoms with E-state index in [4.69, 9.17) is 0 Å². The molecule has 0 aliphatic carbocycles. The lowest BCUT2D eigenvalue weighted by molar-refractivity contribution is 0.0762. The molecule has 0 N–H and O–H groups in total. The number of nitrogens with zero attached hydrogens (tertiary/aromatic N) is 3. The van der Waals surface area contributed by atoms with E-state index in [2.05, 4.69) is 4.98 Å². The molecule has 1 amide bonds. The number of fused-ring (bicyclic) bond motifs is 2. The Balaban J connectivity index is 1.56. The monoisotopic (exact) mass is 437 g/mol. The fourth-order valence-electron chi connectivity index (χ4n) is 4.62. The van der Waals surface area contributed by atoms with Gasteiger partial charge in [0.1, 0.15) is 5.82 Å². The zero-order valence-electron chi connectivity index (χ0n) is 16.6. The average molecular weight is 437 g/mol. The van der Waals surface area contributed by atoms with Gasteiger partial charge in [0.15, 0.2) is 0 Å². The number of hydrogen-bond donors (Lipinski definition) is 0. The van der Waals surface area contributed by atoms with Gasteiger partial charge in [0.2, 0.25) is 10.0 Å². The Labute approximate surface area is 180 Å². The predicted octanol–water partition coefficient (Wildman–Crippen LogP) is 3.17. The molecule has 3 aromatic rings. The second kappa shape index (κ2) is 7.25. The highest BCUT2D eigenvalue weighted by Gasteiger charge is 2.57. The summed E-state index contributed by atoms with van der Waals surface area (Å²) in [7, 11) is -3.77. The van der Waals surface area contributed by atoms with E-state index in [1.54, 1.807) is 53.7 Å². The number of pyridine rings is 1. The van der Waals surface area contributed by atoms with E-state index < -0.39 is 15.6 Å². The molecule has 0 saturated carbocycles. The lowest BCUT2D eigenvalue weighted by atomic mass is 9.88. The van der Waals surface area contributed by atoms with E-state index in [0.29, 0.717) is 29.7 Å². The van der Waals surface area contributed by atoms with Crippen LogP contribution in [0.4, 0.5) is 4.39 Å². The van der Waals surface area contributed by atoms with E-state index in [1.165, 1.54) is 16.4 Å². The maximum absolute atomic E-state index is 13.5. The van der Waals surface area contributed by atoms with E-state index in [-0.39, 0.29) is 29.7 Å². The molecule has 6 nitrogen and oxygen atoms in total. The molecule has 0 radical (unpaired) electrons. The van der Waals surface area contributed by atoms with Crippen LogP contribution >= 0.6 is 0 Å². The Kier molecular flexibility index (Phi) is 4.64. The van der Waals surface area contributed by atoms with Crippen molar-refractivity contribution in [3.63, 3.8) is 0 Å². The molecule has 5 rings (SSSR count). The lowest BCUT2D eigenvalue weighted by Crippen LogP contribution is -2.46. The highest BCUT2D eigenvalue weighted by Crippen LogP contribution is 2.50. The summed E-state index contributed by atoms with van der Waals surface area (Å²) in [5, 5.41) is 0. The smallest absolute Gasteiger partial charge is 0.254 e. The Morgan fingerprint density at radius 2 is 1.74 bits per heavy atom. The topological polar surface area (TPSA) is 70.6 Å². The van der Waals surface area contributed by atoms with Crippen molar-refractivity contribution in [3.8, 4) is 0 Å². The molecule has 1 saturated heterocycles. The molecule has 1 atom stereocenters. The van der Waals surface area contributed by atoms with Gasteiger partial charge >= 0.3 is 0 Å². The SMILES string of the molecule is O=C(c1ccncc1)N1CCC2(C1)c1ccccc1S(=O)(=O)N2Cc1ccc(F)cc1. The molecule has 8 heteroatoms. The summed E-state index contributed by atoms with van der Waals surface area (Å²) in [4.78, 5) is 19.0. The minimum atomic E-state index is -3.77. The van der Waals surface area contributed by atoms with Crippen LogP contribution in [0.25, 0.3) is 0 Å². The third-order valence-electron chi connectivity index (χ3n) is 6.14. The highest BCUT2D eigenvalue weighted by atomic mass is 32.2. The first-order chi connectivity index (χ1) is 14.9. The molecule has 31 heavy (non-hydrogen) atoms. The number of hydrogen-bond acceptors (Lipinski definition) is 4. The van der Waals surface area contributed by atoms with Gasteiger partial charge < -0.3 is 4.90 Å². The van der Waals surface area contributed by atoms with Crippen molar-refractivity contribution in [2.75, 3.05) is 13.1 Å². The first-order valence-electron chi connectivity index (χ1n) is 9.98. The van der Waals surface area contributed by atoms with E-state index in [0.717, 1.165) is 0 Å². The molecule has 1 fully saturated rings. The average Bonchev–Trinajstić information content (AvgIpc) is 3.31. The summed E-state index contributed by atoms with van der Waals surface area (Å²) < 4.78 is 41.9. The van der Waals surface area contributed by atoms with Gasteiger partial charge in [-0.3, -0.25) is 9.78 Å². The number of rotatable bonds is 3. The second-order valence-corrected chi connectivity index (χ2v) is 9.71. The quantitative estimate of drug-likeness (QED) is 0.631. The number of benzene rings is 2. The van der Waals surface area contributed by atoms with Crippen molar-refractivity contribution >= 4 is 15.9 Å². The van der Waals surface area contributed by atoms with E-state index in [9.17, 15) is 17.6 Å². The molecule has 1 spiro atoms. The summed E-state index contributed by atoms with van der Waals surface area (Å²) in [6.07, 6.45) is 3.62. The predicted molar refractivity (Wildman–Crippen MR) is 112 cm³/mol. The van der Waals surface area contributed by atoms with Gasteiger partial charge in [0, 0.05) is 37.6 Å². The minimum absolute atomic E-state index is 0.106. The summed E-state index contributed by atoms with van der Waals surface area (Å²) in [6.45, 7) is 0.797. The molecule has 2 aliphatic rings. The maximum atomic E-state index is 13.5. The van der Waals surface area contributed by atoms with Crippen molar-refractivity contribution in [1.82, 2.24) is 14.2 Å². The second-order valence-electron chi connectivity index (χ2n) is 7.88. The number of likely N-dealkylation sites (tertiary alicyclic amines) is 1. The summed E-state index contributed by atoms with van der Waals surface area (Å²) in [5.41, 5.74) is 1.07. The van der Waals surface area contributed by atoms with Crippen molar-refractivity contribution in [2.24, 2.45) is 0 Å². The molecule has 1 aromatic heterocycles. The van der Waals surface area contributed by atoms with Crippen LogP contribution in [0.3, 0.4) is 0 Å². The van der Waals surface area contributed by atoms with Crippen LogP contribution in [0.15, 0.2) is 78.0 Å². The summed E-state index contributed by atoms with van der Waals surface area (Å²) in [6, 6.07) is 16.1. The number of halogens is 1.